The van der Waals surface area contributed by atoms with Crippen LogP contribution in [0.5, 0.6) is 0 Å². The molecule has 0 spiro atoms. The van der Waals surface area contributed by atoms with Gasteiger partial charge in [-0.3, -0.25) is 4.79 Å². The zero-order chi connectivity index (χ0) is 7.56. The van der Waals surface area contributed by atoms with E-state index in [1.54, 1.807) is 6.08 Å². The second-order valence-electron chi connectivity index (χ2n) is 1.77. The lowest BCUT2D eigenvalue weighted by Gasteiger charge is -1.89. The molecule has 0 aliphatic carbocycles. The zero-order valence-electron chi connectivity index (χ0n) is 5.33. The first-order valence-electron chi connectivity index (χ1n) is 2.75. The van der Waals surface area contributed by atoms with Crippen LogP contribution in [0.2, 0.25) is 0 Å². The van der Waals surface area contributed by atoms with Gasteiger partial charge in [-0.1, -0.05) is 12.7 Å². The van der Waals surface area contributed by atoms with Crippen molar-refractivity contribution in [2.75, 3.05) is 0 Å². The Morgan fingerprint density at radius 1 is 1.80 bits per heavy atom. The molecule has 10 heavy (non-hydrogen) atoms. The van der Waals surface area contributed by atoms with E-state index in [0.717, 1.165) is 5.56 Å². The molecule has 52 valence electrons. The van der Waals surface area contributed by atoms with Crippen LogP contribution in [0.25, 0.3) is 6.08 Å². The third kappa shape index (κ3) is 1.09. The molecule has 1 rings (SSSR count). The highest BCUT2D eigenvalue weighted by Crippen LogP contribution is 2.16. The first-order valence-corrected chi connectivity index (χ1v) is 3.63. The quantitative estimate of drug-likeness (QED) is 0.687. The minimum atomic E-state index is -0.384. The van der Waals surface area contributed by atoms with E-state index in [1.807, 2.05) is 11.4 Å². The summed E-state index contributed by atoms with van der Waals surface area (Å²) in [5.74, 6) is -0.384. The van der Waals surface area contributed by atoms with Crippen LogP contribution < -0.4 is 5.73 Å². The van der Waals surface area contributed by atoms with Gasteiger partial charge in [0, 0.05) is 0 Å². The van der Waals surface area contributed by atoms with Crippen molar-refractivity contribution in [3.63, 3.8) is 0 Å². The van der Waals surface area contributed by atoms with Crippen LogP contribution in [0.15, 0.2) is 18.0 Å². The fourth-order valence-electron chi connectivity index (χ4n) is 0.680. The predicted octanol–water partition coefficient (Wildman–Crippen LogP) is 1.49. The number of hydrogen-bond acceptors (Lipinski definition) is 2. The Labute approximate surface area is 63.0 Å². The smallest absolute Gasteiger partial charge is 0.259 e. The number of rotatable bonds is 2. The molecule has 0 aromatic carbocycles. The number of amides is 1. The van der Waals surface area contributed by atoms with Crippen molar-refractivity contribution in [1.29, 1.82) is 0 Å². The van der Waals surface area contributed by atoms with Gasteiger partial charge in [-0.15, -0.1) is 11.3 Å². The molecule has 0 aliphatic rings. The Morgan fingerprint density at radius 2 is 2.50 bits per heavy atom. The molecule has 0 saturated carbocycles. The van der Waals surface area contributed by atoms with E-state index in [9.17, 15) is 4.79 Å². The molecule has 1 aromatic heterocycles. The van der Waals surface area contributed by atoms with Crippen LogP contribution in [0, 0.1) is 0 Å². The molecular formula is C7H7NOS. The minimum absolute atomic E-state index is 0.384. The van der Waals surface area contributed by atoms with Crippen molar-refractivity contribution in [1.82, 2.24) is 0 Å². The summed E-state index contributed by atoms with van der Waals surface area (Å²) < 4.78 is 0. The van der Waals surface area contributed by atoms with Gasteiger partial charge in [0.2, 0.25) is 0 Å². The Kier molecular flexibility index (Phi) is 1.87. The summed E-state index contributed by atoms with van der Waals surface area (Å²) in [5.41, 5.74) is 5.88. The maximum absolute atomic E-state index is 10.6. The van der Waals surface area contributed by atoms with Crippen LogP contribution in [0.3, 0.4) is 0 Å². The van der Waals surface area contributed by atoms with Crippen LogP contribution >= 0.6 is 11.3 Å². The molecular weight excluding hydrogens is 146 g/mol. The number of carbonyl (C=O) groups excluding carboxylic acids is 1. The number of thiophene rings is 1. The van der Waals surface area contributed by atoms with E-state index in [2.05, 4.69) is 6.58 Å². The molecule has 1 amide bonds. The first kappa shape index (κ1) is 7.02. The molecule has 0 radical (unpaired) electrons. The van der Waals surface area contributed by atoms with E-state index in [4.69, 9.17) is 5.73 Å². The van der Waals surface area contributed by atoms with Crippen LogP contribution in [0.1, 0.15) is 15.2 Å². The maximum atomic E-state index is 10.6. The third-order valence-electron chi connectivity index (χ3n) is 1.14. The van der Waals surface area contributed by atoms with E-state index >= 15 is 0 Å². The molecule has 0 atom stereocenters. The summed E-state index contributed by atoms with van der Waals surface area (Å²) in [5, 5.41) is 1.82. The highest BCUT2D eigenvalue weighted by molar-refractivity contribution is 7.12. The van der Waals surface area contributed by atoms with Gasteiger partial charge in [-0.25, -0.2) is 0 Å². The summed E-state index contributed by atoms with van der Waals surface area (Å²) in [6.07, 6.45) is 1.62. The summed E-state index contributed by atoms with van der Waals surface area (Å²) in [6.45, 7) is 3.55. The molecule has 0 bridgehead atoms. The molecule has 1 aromatic rings. The normalized spacial score (nSPS) is 9.20. The topological polar surface area (TPSA) is 43.1 Å². The molecule has 2 nitrogen and oxygen atoms in total. The van der Waals surface area contributed by atoms with Crippen molar-refractivity contribution in [3.8, 4) is 0 Å². The van der Waals surface area contributed by atoms with E-state index in [1.165, 1.54) is 11.3 Å². The third-order valence-corrected chi connectivity index (χ3v) is 2.08. The maximum Gasteiger partial charge on any atom is 0.259 e. The molecule has 0 saturated heterocycles. The van der Waals surface area contributed by atoms with Gasteiger partial charge in [-0.05, 0) is 17.0 Å². The Hall–Kier alpha value is -1.09. The zero-order valence-corrected chi connectivity index (χ0v) is 6.15. The monoisotopic (exact) mass is 153 g/mol. The summed E-state index contributed by atoms with van der Waals surface area (Å²) in [7, 11) is 0. The van der Waals surface area contributed by atoms with Gasteiger partial charge in [0.15, 0.2) is 0 Å². The molecule has 0 aliphatic heterocycles. The molecule has 3 heteroatoms. The summed E-state index contributed by atoms with van der Waals surface area (Å²) in [6, 6.07) is 1.82. The van der Waals surface area contributed by atoms with Crippen molar-refractivity contribution in [2.24, 2.45) is 5.73 Å². The number of primary amides is 1. The largest absolute Gasteiger partial charge is 0.365 e. The molecule has 0 fully saturated rings. The molecule has 2 N–H and O–H groups in total. The fourth-order valence-corrected chi connectivity index (χ4v) is 1.43. The van der Waals surface area contributed by atoms with Crippen molar-refractivity contribution < 1.29 is 4.79 Å². The second-order valence-corrected chi connectivity index (χ2v) is 2.69. The second kappa shape index (κ2) is 2.66. The predicted molar refractivity (Wildman–Crippen MR) is 42.9 cm³/mol. The van der Waals surface area contributed by atoms with Crippen LogP contribution in [0.4, 0.5) is 0 Å². The van der Waals surface area contributed by atoms with Gasteiger partial charge < -0.3 is 5.73 Å². The van der Waals surface area contributed by atoms with Crippen molar-refractivity contribution in [3.05, 3.63) is 28.5 Å². The lowest BCUT2D eigenvalue weighted by molar-refractivity contribution is 0.100. The number of carbonyl (C=O) groups is 1. The number of hydrogen-bond donors (Lipinski definition) is 1. The van der Waals surface area contributed by atoms with Gasteiger partial charge in [0.1, 0.15) is 0 Å². The summed E-state index contributed by atoms with van der Waals surface area (Å²) in [4.78, 5) is 11.2. The van der Waals surface area contributed by atoms with E-state index in [0.29, 0.717) is 4.88 Å². The van der Waals surface area contributed by atoms with Crippen molar-refractivity contribution >= 4 is 23.3 Å². The van der Waals surface area contributed by atoms with Gasteiger partial charge in [0.05, 0.1) is 4.88 Å². The fraction of sp³-hybridized carbons (Fsp3) is 0. The first-order chi connectivity index (χ1) is 4.75. The van der Waals surface area contributed by atoms with Gasteiger partial charge in [-0.2, -0.15) is 0 Å². The van der Waals surface area contributed by atoms with E-state index in [-0.39, 0.29) is 5.91 Å². The Bertz CT molecular complexity index is 264. The van der Waals surface area contributed by atoms with Gasteiger partial charge in [0.25, 0.3) is 5.91 Å². The highest BCUT2D eigenvalue weighted by Gasteiger charge is 2.05. The Balaban J connectivity index is 3.13. The highest BCUT2D eigenvalue weighted by atomic mass is 32.1. The van der Waals surface area contributed by atoms with Crippen LogP contribution in [-0.2, 0) is 0 Å². The SMILES string of the molecule is C=Cc1ccsc1C(N)=O. The lowest BCUT2D eigenvalue weighted by atomic mass is 10.2. The average Bonchev–Trinajstić information content (AvgIpc) is 2.33. The lowest BCUT2D eigenvalue weighted by Crippen LogP contribution is -2.09. The minimum Gasteiger partial charge on any atom is -0.365 e. The molecule has 0 unspecified atom stereocenters. The van der Waals surface area contributed by atoms with Crippen molar-refractivity contribution in [2.45, 2.75) is 0 Å². The molecule has 1 heterocycles. The summed E-state index contributed by atoms with van der Waals surface area (Å²) >= 11 is 1.34. The van der Waals surface area contributed by atoms with Gasteiger partial charge >= 0.3 is 0 Å². The average molecular weight is 153 g/mol. The standard InChI is InChI=1S/C7H7NOS/c1-2-5-3-4-10-6(5)7(8)9/h2-4H,1H2,(H2,8,9). The number of nitrogens with two attached hydrogens (primary N) is 1. The Morgan fingerprint density at radius 3 is 2.90 bits per heavy atom. The van der Waals surface area contributed by atoms with Crippen LogP contribution in [-0.4, -0.2) is 5.91 Å². The van der Waals surface area contributed by atoms with E-state index < -0.39 is 0 Å².